The first-order valence-corrected chi connectivity index (χ1v) is 4.83. The highest BCUT2D eigenvalue weighted by molar-refractivity contribution is 5.00. The molecule has 0 aliphatic heterocycles. The molecule has 0 aliphatic rings. The largest absolute Gasteiger partial charge is 0.301 e. The third kappa shape index (κ3) is 4.04. The molecule has 1 aromatic heterocycles. The van der Waals surface area contributed by atoms with Gasteiger partial charge in [0.25, 0.3) is 0 Å². The van der Waals surface area contributed by atoms with Gasteiger partial charge in [-0.1, -0.05) is 19.4 Å². The van der Waals surface area contributed by atoms with Gasteiger partial charge < -0.3 is 4.90 Å². The number of rotatable bonds is 5. The predicted octanol–water partition coefficient (Wildman–Crippen LogP) is 2.11. The molecular weight excluding hydrogens is 160 g/mol. The van der Waals surface area contributed by atoms with E-state index in [0.717, 1.165) is 18.8 Å². The summed E-state index contributed by atoms with van der Waals surface area (Å²) < 4.78 is 0. The van der Waals surface area contributed by atoms with Crippen molar-refractivity contribution in [3.63, 3.8) is 0 Å². The van der Waals surface area contributed by atoms with Crippen molar-refractivity contribution in [2.24, 2.45) is 0 Å². The molecule has 0 fully saturated rings. The van der Waals surface area contributed by atoms with Gasteiger partial charge in [-0.25, -0.2) is 0 Å². The smallest absolute Gasteiger partial charge is 0.0622 e. The summed E-state index contributed by atoms with van der Waals surface area (Å²) in [7, 11) is 2.12. The number of hydrogen-bond acceptors (Lipinski definition) is 2. The minimum atomic E-state index is 0.904. The van der Waals surface area contributed by atoms with Crippen LogP contribution in [0.5, 0.6) is 0 Å². The van der Waals surface area contributed by atoms with Crippen molar-refractivity contribution in [1.82, 2.24) is 9.88 Å². The first-order chi connectivity index (χ1) is 6.33. The summed E-state index contributed by atoms with van der Waals surface area (Å²) >= 11 is 0. The van der Waals surface area contributed by atoms with Crippen LogP contribution in [0.15, 0.2) is 18.3 Å². The molecule has 1 radical (unpaired) electrons. The molecule has 1 heterocycles. The van der Waals surface area contributed by atoms with Crippen molar-refractivity contribution < 1.29 is 0 Å². The van der Waals surface area contributed by atoms with E-state index in [0.29, 0.717) is 0 Å². The van der Waals surface area contributed by atoms with Crippen molar-refractivity contribution in [3.8, 4) is 0 Å². The lowest BCUT2D eigenvalue weighted by atomic mass is 10.3. The van der Waals surface area contributed by atoms with E-state index in [2.05, 4.69) is 29.9 Å². The van der Waals surface area contributed by atoms with E-state index < -0.39 is 0 Å². The quantitative estimate of drug-likeness (QED) is 0.685. The lowest BCUT2D eigenvalue weighted by Crippen LogP contribution is -2.19. The molecule has 1 aromatic rings. The Hall–Kier alpha value is -0.890. The van der Waals surface area contributed by atoms with Crippen LogP contribution in [0.1, 0.15) is 25.5 Å². The summed E-state index contributed by atoms with van der Waals surface area (Å²) in [5.74, 6) is 0. The zero-order chi connectivity index (χ0) is 9.52. The van der Waals surface area contributed by atoms with Crippen LogP contribution in [0.4, 0.5) is 0 Å². The monoisotopic (exact) mass is 177 g/mol. The van der Waals surface area contributed by atoms with Gasteiger partial charge >= 0.3 is 0 Å². The van der Waals surface area contributed by atoms with Crippen molar-refractivity contribution >= 4 is 0 Å². The van der Waals surface area contributed by atoms with E-state index in [1.54, 1.807) is 0 Å². The highest BCUT2D eigenvalue weighted by atomic mass is 15.1. The highest BCUT2D eigenvalue weighted by Gasteiger charge is 1.99. The fraction of sp³-hybridized carbons (Fsp3) is 0.545. The molecule has 0 N–H and O–H groups in total. The molecule has 0 aromatic carbocycles. The molecule has 0 spiro atoms. The highest BCUT2D eigenvalue weighted by Crippen LogP contribution is 1.99. The molecule has 1 rings (SSSR count). The zero-order valence-corrected chi connectivity index (χ0v) is 8.45. The minimum Gasteiger partial charge on any atom is -0.301 e. The molecule has 13 heavy (non-hydrogen) atoms. The molecule has 71 valence electrons. The number of pyridine rings is 1. The van der Waals surface area contributed by atoms with Crippen LogP contribution in [0, 0.1) is 6.07 Å². The van der Waals surface area contributed by atoms with E-state index in [9.17, 15) is 0 Å². The zero-order valence-electron chi connectivity index (χ0n) is 8.45. The molecule has 0 bridgehead atoms. The third-order valence-corrected chi connectivity index (χ3v) is 1.98. The summed E-state index contributed by atoms with van der Waals surface area (Å²) in [5, 5.41) is 0. The Morgan fingerprint density at radius 2 is 2.38 bits per heavy atom. The van der Waals surface area contributed by atoms with Gasteiger partial charge in [-0.15, -0.1) is 0 Å². The summed E-state index contributed by atoms with van der Waals surface area (Å²) in [6.45, 7) is 4.25. The van der Waals surface area contributed by atoms with Crippen molar-refractivity contribution in [3.05, 3.63) is 30.1 Å². The number of unbranched alkanes of at least 4 members (excludes halogenated alkanes) is 1. The van der Waals surface area contributed by atoms with Gasteiger partial charge in [0.05, 0.1) is 5.69 Å². The van der Waals surface area contributed by atoms with Crippen molar-refractivity contribution in [2.75, 3.05) is 13.6 Å². The van der Waals surface area contributed by atoms with Crippen LogP contribution in [0.2, 0.25) is 0 Å². The summed E-state index contributed by atoms with van der Waals surface area (Å²) in [6.07, 6.45) is 4.32. The van der Waals surface area contributed by atoms with E-state index in [1.165, 1.54) is 12.8 Å². The molecule has 0 unspecified atom stereocenters. The van der Waals surface area contributed by atoms with Gasteiger partial charge in [-0.3, -0.25) is 4.98 Å². The summed E-state index contributed by atoms with van der Waals surface area (Å²) in [4.78, 5) is 6.51. The summed E-state index contributed by atoms with van der Waals surface area (Å²) in [6, 6.07) is 6.93. The fourth-order valence-corrected chi connectivity index (χ4v) is 1.21. The molecule has 0 saturated heterocycles. The first-order valence-electron chi connectivity index (χ1n) is 4.83. The molecule has 2 nitrogen and oxygen atoms in total. The predicted molar refractivity (Wildman–Crippen MR) is 54.3 cm³/mol. The van der Waals surface area contributed by atoms with E-state index >= 15 is 0 Å². The Morgan fingerprint density at radius 1 is 1.54 bits per heavy atom. The Morgan fingerprint density at radius 3 is 3.00 bits per heavy atom. The Balaban J connectivity index is 2.32. The maximum Gasteiger partial charge on any atom is 0.0622 e. The maximum absolute atomic E-state index is 4.23. The molecular formula is C11H17N2. The molecule has 0 saturated carbocycles. The van der Waals surface area contributed by atoms with Gasteiger partial charge in [0.1, 0.15) is 0 Å². The molecule has 0 atom stereocenters. The molecule has 0 aliphatic carbocycles. The second-order valence-electron chi connectivity index (χ2n) is 3.32. The van der Waals surface area contributed by atoms with Gasteiger partial charge in [0.15, 0.2) is 0 Å². The van der Waals surface area contributed by atoms with Crippen LogP contribution in [-0.2, 0) is 6.54 Å². The second-order valence-corrected chi connectivity index (χ2v) is 3.32. The number of aromatic nitrogens is 1. The Bertz CT molecular complexity index is 221. The average molecular weight is 177 g/mol. The SMILES string of the molecule is CCCCN(C)Cc1[c]cccn1. The minimum absolute atomic E-state index is 0.904. The van der Waals surface area contributed by atoms with E-state index in [1.807, 2.05) is 18.3 Å². The van der Waals surface area contributed by atoms with Gasteiger partial charge in [0, 0.05) is 18.8 Å². The van der Waals surface area contributed by atoms with Crippen LogP contribution >= 0.6 is 0 Å². The summed E-state index contributed by atoms with van der Waals surface area (Å²) in [5.41, 5.74) is 1.03. The van der Waals surface area contributed by atoms with Gasteiger partial charge in [-0.2, -0.15) is 0 Å². The van der Waals surface area contributed by atoms with Crippen LogP contribution in [0.3, 0.4) is 0 Å². The topological polar surface area (TPSA) is 16.1 Å². The second kappa shape index (κ2) is 5.70. The van der Waals surface area contributed by atoms with Crippen LogP contribution in [0.25, 0.3) is 0 Å². The standard InChI is InChI=1S/C11H17N2/c1-3-4-9-13(2)10-11-7-5-6-8-12-11/h5-6,8H,3-4,9-10H2,1-2H3. The maximum atomic E-state index is 4.23. The third-order valence-electron chi connectivity index (χ3n) is 1.98. The lowest BCUT2D eigenvalue weighted by Gasteiger charge is -2.14. The average Bonchev–Trinajstić information content (AvgIpc) is 2.16. The van der Waals surface area contributed by atoms with Gasteiger partial charge in [-0.05, 0) is 26.1 Å². The van der Waals surface area contributed by atoms with Gasteiger partial charge in [0.2, 0.25) is 0 Å². The van der Waals surface area contributed by atoms with Crippen LogP contribution < -0.4 is 0 Å². The molecule has 0 amide bonds. The Kier molecular flexibility index (Phi) is 4.47. The lowest BCUT2D eigenvalue weighted by molar-refractivity contribution is 0.317. The normalized spacial score (nSPS) is 10.7. The number of hydrogen-bond donors (Lipinski definition) is 0. The van der Waals surface area contributed by atoms with E-state index in [4.69, 9.17) is 0 Å². The fourth-order valence-electron chi connectivity index (χ4n) is 1.21. The van der Waals surface area contributed by atoms with Crippen molar-refractivity contribution in [2.45, 2.75) is 26.3 Å². The molecule has 2 heteroatoms. The number of nitrogens with zero attached hydrogens (tertiary/aromatic N) is 2. The van der Waals surface area contributed by atoms with Crippen LogP contribution in [-0.4, -0.2) is 23.5 Å². The van der Waals surface area contributed by atoms with Crippen molar-refractivity contribution in [1.29, 1.82) is 0 Å². The van der Waals surface area contributed by atoms with E-state index in [-0.39, 0.29) is 0 Å². The Labute approximate surface area is 80.6 Å². The first kappa shape index (κ1) is 10.2.